The number of nitrogens with one attached hydrogen (secondary N) is 2. The van der Waals surface area contributed by atoms with Crippen LogP contribution in [0, 0.1) is 46.3 Å². The number of hydrogen-bond acceptors (Lipinski definition) is 6. The zero-order valence-corrected chi connectivity index (χ0v) is 32.0. The highest BCUT2D eigenvalue weighted by molar-refractivity contribution is 5.67. The molecule has 0 aromatic carbocycles. The van der Waals surface area contributed by atoms with Gasteiger partial charge in [-0.1, -0.05) is 65.5 Å². The zero-order valence-electron chi connectivity index (χ0n) is 32.0. The van der Waals surface area contributed by atoms with Gasteiger partial charge in [0.05, 0.1) is 0 Å². The van der Waals surface area contributed by atoms with E-state index in [-0.39, 0.29) is 17.6 Å². The molecule has 4 aliphatic rings. The van der Waals surface area contributed by atoms with Gasteiger partial charge < -0.3 is 31.7 Å². The van der Waals surface area contributed by atoms with Crippen molar-refractivity contribution < 1.29 is 9.53 Å². The molecule has 7 heteroatoms. The first-order chi connectivity index (χ1) is 23.1. The summed E-state index contributed by atoms with van der Waals surface area (Å²) in [5.74, 6) is 5.10. The molecular formula is C41H77N5O2. The summed E-state index contributed by atoms with van der Waals surface area (Å²) in [6.07, 6.45) is 21.7. The van der Waals surface area contributed by atoms with Crippen LogP contribution in [0.4, 0.5) is 4.79 Å². The van der Waals surface area contributed by atoms with Crippen LogP contribution in [0.2, 0.25) is 0 Å². The molecule has 3 fully saturated rings. The van der Waals surface area contributed by atoms with Crippen molar-refractivity contribution in [2.24, 2.45) is 57.8 Å². The lowest BCUT2D eigenvalue weighted by molar-refractivity contribution is -0.0593. The predicted octanol–water partition coefficient (Wildman–Crippen LogP) is 7.88. The van der Waals surface area contributed by atoms with Gasteiger partial charge >= 0.3 is 6.09 Å². The lowest BCUT2D eigenvalue weighted by atomic mass is 9.47. The first-order valence-corrected chi connectivity index (χ1v) is 20.6. The largest absolute Gasteiger partial charge is 0.446 e. The summed E-state index contributed by atoms with van der Waals surface area (Å²) in [5.41, 5.74) is 13.7. The number of rotatable bonds is 21. The van der Waals surface area contributed by atoms with Crippen molar-refractivity contribution in [3.05, 3.63) is 11.6 Å². The zero-order chi connectivity index (χ0) is 34.6. The molecule has 0 radical (unpaired) electrons. The van der Waals surface area contributed by atoms with Crippen molar-refractivity contribution in [3.8, 4) is 0 Å². The lowest BCUT2D eigenvalue weighted by Crippen LogP contribution is -2.51. The minimum atomic E-state index is -0.108. The van der Waals surface area contributed by atoms with Crippen LogP contribution in [0.15, 0.2) is 11.6 Å². The third-order valence-corrected chi connectivity index (χ3v) is 13.7. The van der Waals surface area contributed by atoms with Gasteiger partial charge in [0.2, 0.25) is 0 Å². The Bertz CT molecular complexity index is 988. The number of allylic oxidation sites excluding steroid dienone is 1. The van der Waals surface area contributed by atoms with Crippen LogP contribution in [-0.2, 0) is 4.74 Å². The second-order valence-corrected chi connectivity index (χ2v) is 17.4. The summed E-state index contributed by atoms with van der Waals surface area (Å²) in [6, 6.07) is 0. The molecule has 48 heavy (non-hydrogen) atoms. The Morgan fingerprint density at radius 1 is 0.854 bits per heavy atom. The van der Waals surface area contributed by atoms with Gasteiger partial charge in [0.15, 0.2) is 0 Å². The molecule has 1 amide bonds. The Balaban J connectivity index is 1.31. The van der Waals surface area contributed by atoms with Gasteiger partial charge in [-0.15, -0.1) is 0 Å². The molecule has 0 aliphatic heterocycles. The van der Waals surface area contributed by atoms with E-state index in [0.717, 1.165) is 133 Å². The van der Waals surface area contributed by atoms with E-state index in [1.165, 1.54) is 51.4 Å². The highest BCUT2D eigenvalue weighted by atomic mass is 16.6. The van der Waals surface area contributed by atoms with Crippen molar-refractivity contribution in [1.82, 2.24) is 15.5 Å². The molecule has 0 aromatic heterocycles. The Morgan fingerprint density at radius 2 is 1.54 bits per heavy atom. The Hall–Kier alpha value is -1.15. The van der Waals surface area contributed by atoms with Crippen LogP contribution < -0.4 is 22.1 Å². The first-order valence-electron chi connectivity index (χ1n) is 20.6. The maximum atomic E-state index is 13.6. The maximum Gasteiger partial charge on any atom is 0.410 e. The van der Waals surface area contributed by atoms with Gasteiger partial charge in [0.25, 0.3) is 0 Å². The van der Waals surface area contributed by atoms with E-state index < -0.39 is 0 Å². The smallest absolute Gasteiger partial charge is 0.410 e. The molecular weight excluding hydrogens is 594 g/mol. The monoisotopic (exact) mass is 672 g/mol. The molecule has 6 N–H and O–H groups in total. The third kappa shape index (κ3) is 10.2. The fourth-order valence-electron chi connectivity index (χ4n) is 10.9. The molecule has 0 saturated heterocycles. The fourth-order valence-corrected chi connectivity index (χ4v) is 10.9. The number of amides is 1. The molecule has 8 atom stereocenters. The van der Waals surface area contributed by atoms with E-state index in [2.05, 4.69) is 51.3 Å². The first kappa shape index (κ1) is 39.6. The molecule has 0 aromatic rings. The standard InChI is InChI=1S/C41H77N5O2/c1-31(2)12-8-13-32(3)36-16-17-37-35-15-14-33-30-34(18-20-40(33,4)38(35)19-21-41(36,37)5)48-39(47)46(29-11-27-45-26-10-23-43)28-7-6-24-44-25-9-22-42/h14,31-32,34-38,44-45H,6-13,15-30,42-43H2,1-5H3. The highest BCUT2D eigenvalue weighted by Crippen LogP contribution is 2.67. The summed E-state index contributed by atoms with van der Waals surface area (Å²) in [4.78, 5) is 15.6. The van der Waals surface area contributed by atoms with E-state index in [1.807, 2.05) is 4.90 Å². The molecule has 4 rings (SSSR count). The van der Waals surface area contributed by atoms with Crippen LogP contribution in [0.25, 0.3) is 0 Å². The third-order valence-electron chi connectivity index (χ3n) is 13.7. The van der Waals surface area contributed by atoms with E-state index in [0.29, 0.717) is 12.0 Å². The molecule has 0 spiro atoms. The minimum absolute atomic E-state index is 0.00731. The van der Waals surface area contributed by atoms with Gasteiger partial charge in [-0.3, -0.25) is 0 Å². The minimum Gasteiger partial charge on any atom is -0.446 e. The van der Waals surface area contributed by atoms with Crippen LogP contribution in [0.3, 0.4) is 0 Å². The molecule has 0 bridgehead atoms. The Labute approximate surface area is 295 Å². The number of fused-ring (bicyclic) bond motifs is 5. The van der Waals surface area contributed by atoms with Crippen LogP contribution in [0.1, 0.15) is 137 Å². The highest BCUT2D eigenvalue weighted by Gasteiger charge is 2.59. The normalized spacial score (nSPS) is 31.9. The topological polar surface area (TPSA) is 106 Å². The second kappa shape index (κ2) is 19.5. The van der Waals surface area contributed by atoms with E-state index >= 15 is 0 Å². The van der Waals surface area contributed by atoms with E-state index in [1.54, 1.807) is 5.57 Å². The number of nitrogens with zero attached hydrogens (tertiary/aromatic N) is 1. The predicted molar refractivity (Wildman–Crippen MR) is 202 cm³/mol. The summed E-state index contributed by atoms with van der Waals surface area (Å²) < 4.78 is 6.34. The summed E-state index contributed by atoms with van der Waals surface area (Å²) in [6.45, 7) is 19.3. The number of carbonyl (C=O) groups is 1. The number of nitrogens with two attached hydrogens (primary N) is 2. The van der Waals surface area contributed by atoms with Gasteiger partial charge in [0, 0.05) is 19.5 Å². The molecule has 3 saturated carbocycles. The van der Waals surface area contributed by atoms with Gasteiger partial charge in [-0.05, 0) is 163 Å². The quantitative estimate of drug-likeness (QED) is 0.0731. The maximum absolute atomic E-state index is 13.6. The van der Waals surface area contributed by atoms with Gasteiger partial charge in [-0.25, -0.2) is 4.79 Å². The summed E-state index contributed by atoms with van der Waals surface area (Å²) in [5, 5.41) is 6.93. The van der Waals surface area contributed by atoms with Crippen molar-refractivity contribution >= 4 is 6.09 Å². The van der Waals surface area contributed by atoms with Crippen molar-refractivity contribution in [1.29, 1.82) is 0 Å². The molecule has 0 heterocycles. The van der Waals surface area contributed by atoms with E-state index in [4.69, 9.17) is 16.2 Å². The van der Waals surface area contributed by atoms with Crippen molar-refractivity contribution in [3.63, 3.8) is 0 Å². The van der Waals surface area contributed by atoms with Crippen molar-refractivity contribution in [2.45, 2.75) is 143 Å². The number of carbonyl (C=O) groups excluding carboxylic acids is 1. The van der Waals surface area contributed by atoms with Crippen LogP contribution in [0.5, 0.6) is 0 Å². The summed E-state index contributed by atoms with van der Waals surface area (Å²) >= 11 is 0. The SMILES string of the molecule is CC(C)CCCC(C)C1CCC2C3CC=C4CC(OC(=O)N(CCCCNCCCN)CCCNCCCN)CCC4(C)C3CCC12C. The van der Waals surface area contributed by atoms with Crippen LogP contribution >= 0.6 is 0 Å². The molecule has 278 valence electrons. The Kier molecular flexibility index (Phi) is 16.1. The van der Waals surface area contributed by atoms with Gasteiger partial charge in [-0.2, -0.15) is 0 Å². The average Bonchev–Trinajstić information content (AvgIpc) is 3.42. The molecule has 8 unspecified atom stereocenters. The second-order valence-electron chi connectivity index (χ2n) is 17.4. The molecule has 7 nitrogen and oxygen atoms in total. The van der Waals surface area contributed by atoms with Crippen LogP contribution in [-0.4, -0.2) is 69.5 Å². The average molecular weight is 672 g/mol. The lowest BCUT2D eigenvalue weighted by Gasteiger charge is -2.58. The molecule has 4 aliphatic carbocycles. The fraction of sp³-hybridized carbons (Fsp3) is 0.927. The number of ether oxygens (including phenoxy) is 1. The van der Waals surface area contributed by atoms with E-state index in [9.17, 15) is 4.79 Å². The summed E-state index contributed by atoms with van der Waals surface area (Å²) in [7, 11) is 0. The van der Waals surface area contributed by atoms with Crippen molar-refractivity contribution in [2.75, 3.05) is 52.4 Å². The van der Waals surface area contributed by atoms with Gasteiger partial charge in [0.1, 0.15) is 6.10 Å². The number of unbranched alkanes of at least 4 members (excludes halogenated alkanes) is 1. The number of hydrogen-bond donors (Lipinski definition) is 4. The Morgan fingerprint density at radius 3 is 2.25 bits per heavy atom.